The standard InChI is InChI=1S/C13H11ClFN3O/c1-19-8-12-11(6-16)13(14)18(17-12)7-9-3-2-4-10(15)5-9/h2-5H,7-8H2,1H3. The Morgan fingerprint density at radius 1 is 1.53 bits per heavy atom. The molecule has 0 aliphatic heterocycles. The van der Waals surface area contributed by atoms with Gasteiger partial charge in [0.2, 0.25) is 0 Å². The highest BCUT2D eigenvalue weighted by molar-refractivity contribution is 6.30. The predicted molar refractivity (Wildman–Crippen MR) is 68.2 cm³/mol. The Morgan fingerprint density at radius 2 is 2.32 bits per heavy atom. The molecule has 0 atom stereocenters. The van der Waals surface area contributed by atoms with E-state index in [1.165, 1.54) is 23.9 Å². The Morgan fingerprint density at radius 3 is 2.95 bits per heavy atom. The first-order valence-corrected chi connectivity index (χ1v) is 5.92. The van der Waals surface area contributed by atoms with Crippen LogP contribution in [0.3, 0.4) is 0 Å². The van der Waals surface area contributed by atoms with E-state index in [1.54, 1.807) is 12.1 Å². The van der Waals surface area contributed by atoms with E-state index in [2.05, 4.69) is 5.10 Å². The second-order valence-electron chi connectivity index (χ2n) is 3.94. The summed E-state index contributed by atoms with van der Waals surface area (Å²) in [5.74, 6) is -0.321. The summed E-state index contributed by atoms with van der Waals surface area (Å²) in [5, 5.41) is 13.5. The van der Waals surface area contributed by atoms with Crippen LogP contribution in [-0.2, 0) is 17.9 Å². The van der Waals surface area contributed by atoms with Crippen molar-refractivity contribution in [3.05, 3.63) is 52.1 Å². The lowest BCUT2D eigenvalue weighted by atomic mass is 10.2. The summed E-state index contributed by atoms with van der Waals surface area (Å²) in [6.07, 6.45) is 0. The second-order valence-corrected chi connectivity index (χ2v) is 4.30. The SMILES string of the molecule is COCc1nn(Cc2cccc(F)c2)c(Cl)c1C#N. The molecule has 4 nitrogen and oxygen atoms in total. The molecule has 0 saturated heterocycles. The minimum atomic E-state index is -0.321. The zero-order valence-electron chi connectivity index (χ0n) is 10.2. The minimum Gasteiger partial charge on any atom is -0.378 e. The van der Waals surface area contributed by atoms with Crippen LogP contribution in [-0.4, -0.2) is 16.9 Å². The highest BCUT2D eigenvalue weighted by atomic mass is 35.5. The quantitative estimate of drug-likeness (QED) is 0.865. The molecule has 1 aromatic carbocycles. The molecule has 0 spiro atoms. The monoisotopic (exact) mass is 279 g/mol. The lowest BCUT2D eigenvalue weighted by molar-refractivity contribution is 0.180. The van der Waals surface area contributed by atoms with Gasteiger partial charge in [0.15, 0.2) is 0 Å². The Labute approximate surface area is 115 Å². The fraction of sp³-hybridized carbons (Fsp3) is 0.231. The molecule has 1 aromatic heterocycles. The Bertz CT molecular complexity index is 633. The van der Waals surface area contributed by atoms with Gasteiger partial charge in [-0.25, -0.2) is 9.07 Å². The van der Waals surface area contributed by atoms with Crippen LogP contribution in [0.15, 0.2) is 24.3 Å². The van der Waals surface area contributed by atoms with Crippen molar-refractivity contribution in [3.63, 3.8) is 0 Å². The number of nitriles is 1. The van der Waals surface area contributed by atoms with Crippen molar-refractivity contribution < 1.29 is 9.13 Å². The highest BCUT2D eigenvalue weighted by Gasteiger charge is 2.16. The molecule has 2 aromatic rings. The highest BCUT2D eigenvalue weighted by Crippen LogP contribution is 2.21. The molecule has 1 heterocycles. The second kappa shape index (κ2) is 5.83. The lowest BCUT2D eigenvalue weighted by Crippen LogP contribution is -2.03. The first-order valence-electron chi connectivity index (χ1n) is 5.54. The number of hydrogen-bond acceptors (Lipinski definition) is 3. The molecule has 0 amide bonds. The molecule has 6 heteroatoms. The van der Waals surface area contributed by atoms with Crippen LogP contribution in [0, 0.1) is 17.1 Å². The van der Waals surface area contributed by atoms with Crippen molar-refractivity contribution in [3.8, 4) is 6.07 Å². The normalized spacial score (nSPS) is 10.4. The van der Waals surface area contributed by atoms with Gasteiger partial charge in [-0.1, -0.05) is 23.7 Å². The van der Waals surface area contributed by atoms with Crippen LogP contribution < -0.4 is 0 Å². The molecule has 0 bridgehead atoms. The Kier molecular flexibility index (Phi) is 4.15. The molecule has 2 rings (SSSR count). The summed E-state index contributed by atoms with van der Waals surface area (Å²) in [6, 6.07) is 8.15. The smallest absolute Gasteiger partial charge is 0.145 e. The molecule has 19 heavy (non-hydrogen) atoms. The summed E-state index contributed by atoms with van der Waals surface area (Å²) in [6.45, 7) is 0.508. The fourth-order valence-corrected chi connectivity index (χ4v) is 2.00. The van der Waals surface area contributed by atoms with Crippen LogP contribution in [0.2, 0.25) is 5.15 Å². The summed E-state index contributed by atoms with van der Waals surface area (Å²) in [5.41, 5.74) is 1.49. The number of halogens is 2. The van der Waals surface area contributed by atoms with E-state index in [9.17, 15) is 4.39 Å². The number of hydrogen-bond donors (Lipinski definition) is 0. The number of benzene rings is 1. The Hall–Kier alpha value is -1.90. The van der Waals surface area contributed by atoms with Gasteiger partial charge >= 0.3 is 0 Å². The van der Waals surface area contributed by atoms with Crippen molar-refractivity contribution >= 4 is 11.6 Å². The first-order chi connectivity index (χ1) is 9.15. The minimum absolute atomic E-state index is 0.207. The van der Waals surface area contributed by atoms with Gasteiger partial charge in [-0.2, -0.15) is 10.4 Å². The van der Waals surface area contributed by atoms with Crippen LogP contribution in [0.4, 0.5) is 4.39 Å². The number of ether oxygens (including phenoxy) is 1. The largest absolute Gasteiger partial charge is 0.378 e. The molecule has 0 aliphatic carbocycles. The van der Waals surface area contributed by atoms with Gasteiger partial charge in [0.25, 0.3) is 0 Å². The third-order valence-corrected chi connectivity index (χ3v) is 2.96. The zero-order valence-corrected chi connectivity index (χ0v) is 11.0. The molecule has 0 fully saturated rings. The van der Waals surface area contributed by atoms with Gasteiger partial charge < -0.3 is 4.74 Å². The average molecular weight is 280 g/mol. The van der Waals surface area contributed by atoms with Crippen LogP contribution in [0.25, 0.3) is 0 Å². The van der Waals surface area contributed by atoms with Gasteiger partial charge in [0, 0.05) is 7.11 Å². The number of nitrogens with zero attached hydrogens (tertiary/aromatic N) is 3. The van der Waals surface area contributed by atoms with E-state index in [-0.39, 0.29) is 17.6 Å². The van der Waals surface area contributed by atoms with E-state index in [0.29, 0.717) is 17.8 Å². The van der Waals surface area contributed by atoms with E-state index < -0.39 is 0 Å². The van der Waals surface area contributed by atoms with Gasteiger partial charge in [0.1, 0.15) is 28.3 Å². The third-order valence-electron chi connectivity index (χ3n) is 2.58. The number of methoxy groups -OCH3 is 1. The summed E-state index contributed by atoms with van der Waals surface area (Å²) >= 11 is 6.08. The molecule has 0 saturated carbocycles. The van der Waals surface area contributed by atoms with Gasteiger partial charge in [-0.3, -0.25) is 0 Å². The van der Waals surface area contributed by atoms with Crippen molar-refractivity contribution in [1.29, 1.82) is 5.26 Å². The maximum absolute atomic E-state index is 13.1. The first kappa shape index (κ1) is 13.5. The van der Waals surface area contributed by atoms with Crippen molar-refractivity contribution in [2.75, 3.05) is 7.11 Å². The van der Waals surface area contributed by atoms with E-state index >= 15 is 0 Å². The fourth-order valence-electron chi connectivity index (χ4n) is 1.75. The summed E-state index contributed by atoms with van der Waals surface area (Å²) in [4.78, 5) is 0. The topological polar surface area (TPSA) is 50.8 Å². The maximum atomic E-state index is 13.1. The third kappa shape index (κ3) is 2.92. The number of rotatable bonds is 4. The van der Waals surface area contributed by atoms with Gasteiger partial charge in [-0.05, 0) is 17.7 Å². The van der Waals surface area contributed by atoms with E-state index in [0.717, 1.165) is 5.56 Å². The maximum Gasteiger partial charge on any atom is 0.145 e. The molecule has 98 valence electrons. The van der Waals surface area contributed by atoms with E-state index in [4.69, 9.17) is 21.6 Å². The predicted octanol–water partition coefficient (Wildman–Crippen LogP) is 2.74. The van der Waals surface area contributed by atoms with Crippen LogP contribution in [0.5, 0.6) is 0 Å². The molecule has 0 radical (unpaired) electrons. The number of aromatic nitrogens is 2. The Balaban J connectivity index is 2.33. The summed E-state index contributed by atoms with van der Waals surface area (Å²) < 4.78 is 19.5. The van der Waals surface area contributed by atoms with Crippen LogP contribution >= 0.6 is 11.6 Å². The summed E-state index contributed by atoms with van der Waals surface area (Å²) in [7, 11) is 1.51. The van der Waals surface area contributed by atoms with Crippen molar-refractivity contribution in [2.24, 2.45) is 0 Å². The molecule has 0 unspecified atom stereocenters. The van der Waals surface area contributed by atoms with E-state index in [1.807, 2.05) is 6.07 Å². The zero-order chi connectivity index (χ0) is 13.8. The van der Waals surface area contributed by atoms with Crippen molar-refractivity contribution in [2.45, 2.75) is 13.2 Å². The van der Waals surface area contributed by atoms with Gasteiger partial charge in [0.05, 0.1) is 13.2 Å². The molecular weight excluding hydrogens is 269 g/mol. The van der Waals surface area contributed by atoms with Gasteiger partial charge in [-0.15, -0.1) is 0 Å². The lowest BCUT2D eigenvalue weighted by Gasteiger charge is -2.03. The molecular formula is C13H11ClFN3O. The van der Waals surface area contributed by atoms with Crippen LogP contribution in [0.1, 0.15) is 16.8 Å². The average Bonchev–Trinajstić information content (AvgIpc) is 2.66. The molecule has 0 aliphatic rings. The molecule has 0 N–H and O–H groups in total. The van der Waals surface area contributed by atoms with Crippen molar-refractivity contribution in [1.82, 2.24) is 9.78 Å².